The Hall–Kier alpha value is -0.200. The number of morpholine rings is 1. The second-order valence-electron chi connectivity index (χ2n) is 3.99. The lowest BCUT2D eigenvalue weighted by molar-refractivity contribution is -0.976. The van der Waals surface area contributed by atoms with Crippen LogP contribution >= 0.6 is 0 Å². The molecule has 0 aromatic carbocycles. The van der Waals surface area contributed by atoms with E-state index in [1.165, 1.54) is 0 Å². The minimum Gasteiger partial charge on any atom is -0.396 e. The molecule has 0 aliphatic carbocycles. The molecule has 0 aromatic heterocycles. The molecule has 1 heterocycles. The predicted molar refractivity (Wildman–Crippen MR) is 57.1 cm³/mol. The molecule has 90 valence electrons. The second-order valence-corrected chi connectivity index (χ2v) is 3.99. The van der Waals surface area contributed by atoms with E-state index < -0.39 is 0 Å². The van der Waals surface area contributed by atoms with Crippen molar-refractivity contribution in [3.8, 4) is 0 Å². The Labute approximate surface area is 91.2 Å². The van der Waals surface area contributed by atoms with E-state index in [0.717, 1.165) is 56.8 Å². The van der Waals surface area contributed by atoms with Crippen LogP contribution in [0.1, 0.15) is 12.8 Å². The molecule has 1 aliphatic rings. The van der Waals surface area contributed by atoms with Gasteiger partial charge in [-0.05, 0) is 12.8 Å². The number of rotatable bonds is 7. The lowest BCUT2D eigenvalue weighted by atomic mass is 10.3. The fraction of sp³-hybridized carbons (Fsp3) is 1.00. The van der Waals surface area contributed by atoms with Gasteiger partial charge in [0.15, 0.2) is 0 Å². The molecule has 0 bridgehead atoms. The number of unbranched alkanes of at least 4 members (excludes halogenated alkanes) is 1. The van der Waals surface area contributed by atoms with Crippen molar-refractivity contribution in [2.45, 2.75) is 12.8 Å². The molecule has 15 heavy (non-hydrogen) atoms. The summed E-state index contributed by atoms with van der Waals surface area (Å²) >= 11 is 0. The summed E-state index contributed by atoms with van der Waals surface area (Å²) in [7, 11) is 0. The summed E-state index contributed by atoms with van der Waals surface area (Å²) in [6.45, 7) is 5.43. The minimum absolute atomic E-state index is 0.201. The number of hydrogen-bond donors (Lipinski definition) is 3. The smallest absolute Gasteiger partial charge is 0.120 e. The van der Waals surface area contributed by atoms with Gasteiger partial charge < -0.3 is 14.9 Å². The van der Waals surface area contributed by atoms with Crippen LogP contribution in [0.2, 0.25) is 0 Å². The first-order valence-corrected chi connectivity index (χ1v) is 5.74. The topological polar surface area (TPSA) is 61.7 Å². The van der Waals surface area contributed by atoms with Crippen molar-refractivity contribution in [2.75, 3.05) is 52.6 Å². The van der Waals surface area contributed by atoms with Crippen LogP contribution in [0.3, 0.4) is 0 Å². The van der Waals surface area contributed by atoms with Gasteiger partial charge in [0.05, 0.1) is 19.8 Å². The predicted octanol–water partition coefficient (Wildman–Crippen LogP) is -0.897. The summed E-state index contributed by atoms with van der Waals surface area (Å²) in [5, 5.41) is 17.7. The lowest BCUT2D eigenvalue weighted by Gasteiger charge is -2.40. The summed E-state index contributed by atoms with van der Waals surface area (Å²) in [6.07, 6.45) is 1.81. The molecule has 0 radical (unpaired) electrons. The van der Waals surface area contributed by atoms with Crippen molar-refractivity contribution < 1.29 is 19.5 Å². The molecule has 1 aliphatic heterocycles. The van der Waals surface area contributed by atoms with Gasteiger partial charge in [-0.15, -0.1) is 0 Å². The normalized spacial score (nSPS) is 20.4. The van der Waals surface area contributed by atoms with Crippen LogP contribution in [-0.2, 0) is 4.74 Å². The molecule has 1 rings (SSSR count). The third-order valence-electron chi connectivity index (χ3n) is 2.89. The van der Waals surface area contributed by atoms with Crippen LogP contribution in [0.4, 0.5) is 0 Å². The first-order chi connectivity index (χ1) is 7.33. The maximum absolute atomic E-state index is 9.05. The molecule has 1 saturated heterocycles. The highest BCUT2D eigenvalue weighted by atomic mass is 16.5. The highest BCUT2D eigenvalue weighted by Gasteiger charge is 2.29. The Morgan fingerprint density at radius 2 is 1.80 bits per heavy atom. The maximum atomic E-state index is 9.05. The summed E-state index contributed by atoms with van der Waals surface area (Å²) in [5.74, 6) is 0. The second kappa shape index (κ2) is 7.14. The number of aliphatic hydroxyl groups is 2. The van der Waals surface area contributed by atoms with Crippen molar-refractivity contribution in [1.29, 1.82) is 0 Å². The average molecular weight is 219 g/mol. The largest absolute Gasteiger partial charge is 0.396 e. The van der Waals surface area contributed by atoms with E-state index in [0.29, 0.717) is 0 Å². The van der Waals surface area contributed by atoms with Crippen LogP contribution in [0.15, 0.2) is 0 Å². The van der Waals surface area contributed by atoms with E-state index >= 15 is 0 Å². The molecule has 5 nitrogen and oxygen atoms in total. The number of hydrogen-bond acceptors (Lipinski definition) is 4. The Morgan fingerprint density at radius 3 is 2.40 bits per heavy atom. The molecule has 0 unspecified atom stereocenters. The van der Waals surface area contributed by atoms with Crippen molar-refractivity contribution in [3.05, 3.63) is 0 Å². The highest BCUT2D eigenvalue weighted by Crippen LogP contribution is 2.07. The monoisotopic (exact) mass is 219 g/mol. The van der Waals surface area contributed by atoms with Gasteiger partial charge in [-0.25, -0.2) is 4.59 Å². The number of aliphatic hydroxyl groups excluding tert-OH is 2. The van der Waals surface area contributed by atoms with Gasteiger partial charge in [0.2, 0.25) is 0 Å². The summed E-state index contributed by atoms with van der Waals surface area (Å²) in [5.41, 5.74) is 3.46. The molecular weight excluding hydrogens is 196 g/mol. The Balaban J connectivity index is 2.28. The van der Waals surface area contributed by atoms with Gasteiger partial charge in [0.25, 0.3) is 0 Å². The fourth-order valence-electron chi connectivity index (χ4n) is 1.90. The quantitative estimate of drug-likeness (QED) is 0.384. The number of ether oxygens (including phenoxy) is 1. The molecule has 0 aromatic rings. The molecule has 0 spiro atoms. The van der Waals surface area contributed by atoms with Gasteiger partial charge in [0.1, 0.15) is 19.6 Å². The van der Waals surface area contributed by atoms with Crippen molar-refractivity contribution in [2.24, 2.45) is 0 Å². The zero-order valence-corrected chi connectivity index (χ0v) is 9.32. The van der Waals surface area contributed by atoms with Gasteiger partial charge in [-0.3, -0.25) is 0 Å². The number of nitrogens with one attached hydrogen (secondary N) is 1. The third-order valence-corrected chi connectivity index (χ3v) is 2.89. The minimum atomic E-state index is 0.201. The molecule has 5 heteroatoms. The molecule has 0 saturated carbocycles. The molecule has 3 N–H and O–H groups in total. The Kier molecular flexibility index (Phi) is 6.12. The first kappa shape index (κ1) is 12.9. The standard InChI is InChI=1S/C10H23N2O3/c13-7-2-1-3-11-12(4-8-14)5-9-15-10-6-12/h11,13-14H,1-10H2/q+1. The Bertz CT molecular complexity index is 155. The summed E-state index contributed by atoms with van der Waals surface area (Å²) < 4.78 is 6.07. The van der Waals surface area contributed by atoms with E-state index in [9.17, 15) is 0 Å². The van der Waals surface area contributed by atoms with Crippen molar-refractivity contribution in [3.63, 3.8) is 0 Å². The van der Waals surface area contributed by atoms with E-state index in [1.54, 1.807) is 0 Å². The van der Waals surface area contributed by atoms with E-state index in [2.05, 4.69) is 5.43 Å². The lowest BCUT2D eigenvalue weighted by Crippen LogP contribution is -2.64. The van der Waals surface area contributed by atoms with Crippen LogP contribution < -0.4 is 5.43 Å². The summed E-state index contributed by atoms with van der Waals surface area (Å²) in [6, 6.07) is 0. The zero-order valence-electron chi connectivity index (χ0n) is 9.32. The molecule has 0 amide bonds. The summed E-state index contributed by atoms with van der Waals surface area (Å²) in [4.78, 5) is 0. The van der Waals surface area contributed by atoms with Gasteiger partial charge in [-0.1, -0.05) is 0 Å². The average Bonchev–Trinajstić information content (AvgIpc) is 2.26. The molecule has 1 fully saturated rings. The highest BCUT2D eigenvalue weighted by molar-refractivity contribution is 4.48. The molecule has 0 atom stereocenters. The SMILES string of the molecule is OCCCCN[N+]1(CCO)CCOCC1. The van der Waals surface area contributed by atoms with Crippen LogP contribution in [0.5, 0.6) is 0 Å². The molecular formula is C10H23N2O3+. The van der Waals surface area contributed by atoms with Gasteiger partial charge in [-0.2, -0.15) is 5.43 Å². The number of quaternary nitrogens is 1. The van der Waals surface area contributed by atoms with E-state index in [4.69, 9.17) is 14.9 Å². The van der Waals surface area contributed by atoms with Crippen LogP contribution in [0.25, 0.3) is 0 Å². The van der Waals surface area contributed by atoms with E-state index in [1.807, 2.05) is 0 Å². The third kappa shape index (κ3) is 4.44. The van der Waals surface area contributed by atoms with Crippen LogP contribution in [-0.4, -0.2) is 67.4 Å². The van der Waals surface area contributed by atoms with Gasteiger partial charge in [0, 0.05) is 13.2 Å². The van der Waals surface area contributed by atoms with Gasteiger partial charge >= 0.3 is 0 Å². The Morgan fingerprint density at radius 1 is 1.07 bits per heavy atom. The maximum Gasteiger partial charge on any atom is 0.120 e. The van der Waals surface area contributed by atoms with Crippen molar-refractivity contribution in [1.82, 2.24) is 5.43 Å². The van der Waals surface area contributed by atoms with E-state index in [-0.39, 0.29) is 13.2 Å². The van der Waals surface area contributed by atoms with Crippen molar-refractivity contribution >= 4 is 0 Å². The zero-order chi connectivity index (χ0) is 11.0. The number of nitrogens with zero attached hydrogens (tertiary/aromatic N) is 1. The first-order valence-electron chi connectivity index (χ1n) is 5.74. The fourth-order valence-corrected chi connectivity index (χ4v) is 1.90. The van der Waals surface area contributed by atoms with Crippen LogP contribution in [0, 0.1) is 0 Å².